The first kappa shape index (κ1) is 25.0. The van der Waals surface area contributed by atoms with E-state index in [1.54, 1.807) is 5.57 Å². The largest absolute Gasteiger partial charge is 0.201 e. The van der Waals surface area contributed by atoms with Crippen LogP contribution in [0.1, 0.15) is 117 Å². The molecule has 1 aromatic heterocycles. The molecule has 1 heterocycles. The van der Waals surface area contributed by atoms with E-state index in [0.717, 1.165) is 41.1 Å². The smallest absolute Gasteiger partial charge is 0.186 e. The molecule has 0 amide bonds. The van der Waals surface area contributed by atoms with E-state index < -0.39 is 0 Å². The molecule has 2 heteroatoms. The predicted molar refractivity (Wildman–Crippen MR) is 143 cm³/mol. The molecule has 0 bridgehead atoms. The van der Waals surface area contributed by atoms with Crippen LogP contribution in [0.5, 0.6) is 0 Å². The van der Waals surface area contributed by atoms with E-state index in [9.17, 15) is 5.26 Å². The zero-order valence-electron chi connectivity index (χ0n) is 23.1. The Hall–Kier alpha value is -1.62. The van der Waals surface area contributed by atoms with Gasteiger partial charge in [-0.15, -0.1) is 0 Å². The number of nitrogens with zero attached hydrogens (tertiary/aromatic N) is 2. The number of hydrogen-bond acceptors (Lipinski definition) is 1. The summed E-state index contributed by atoms with van der Waals surface area (Å²) in [5.41, 5.74) is 3.49. The van der Waals surface area contributed by atoms with Gasteiger partial charge in [0.1, 0.15) is 11.6 Å². The highest BCUT2D eigenvalue weighted by molar-refractivity contribution is 5.26. The Morgan fingerprint density at radius 1 is 1.06 bits per heavy atom. The molecule has 8 atom stereocenters. The first-order valence-corrected chi connectivity index (χ1v) is 14.9. The molecule has 0 radical (unpaired) electrons. The van der Waals surface area contributed by atoms with Gasteiger partial charge >= 0.3 is 0 Å². The monoisotopic (exact) mass is 473 g/mol. The second-order valence-electron chi connectivity index (χ2n) is 13.8. The van der Waals surface area contributed by atoms with E-state index in [1.807, 2.05) is 12.1 Å². The Morgan fingerprint density at radius 3 is 2.66 bits per heavy atom. The molecule has 3 fully saturated rings. The van der Waals surface area contributed by atoms with Gasteiger partial charge < -0.3 is 0 Å². The lowest BCUT2D eigenvalue weighted by Gasteiger charge is -2.58. The summed E-state index contributed by atoms with van der Waals surface area (Å²) < 4.78 is 2.32. The lowest BCUT2D eigenvalue weighted by Crippen LogP contribution is -2.52. The van der Waals surface area contributed by atoms with Crippen molar-refractivity contribution in [2.45, 2.75) is 111 Å². The molecule has 2 nitrogen and oxygen atoms in total. The number of allylic oxidation sites excluding steroid dienone is 2. The third-order valence-corrected chi connectivity index (χ3v) is 11.7. The molecule has 190 valence electrons. The van der Waals surface area contributed by atoms with Crippen molar-refractivity contribution >= 4 is 0 Å². The minimum atomic E-state index is 0.398. The van der Waals surface area contributed by atoms with Crippen LogP contribution in [0, 0.1) is 57.7 Å². The van der Waals surface area contributed by atoms with Gasteiger partial charge in [0.2, 0.25) is 0 Å². The molecule has 0 spiro atoms. The molecule has 0 unspecified atom stereocenters. The van der Waals surface area contributed by atoms with Crippen LogP contribution in [-0.4, -0.2) is 0 Å². The van der Waals surface area contributed by atoms with Crippen LogP contribution in [0.15, 0.2) is 36.2 Å². The fraction of sp³-hybridized carbons (Fsp3) is 0.758. The molecule has 0 aromatic carbocycles. The Bertz CT molecular complexity index is 985. The number of pyridine rings is 1. The molecule has 0 saturated heterocycles. The van der Waals surface area contributed by atoms with E-state index in [0.29, 0.717) is 16.9 Å². The molecule has 4 aliphatic rings. The van der Waals surface area contributed by atoms with Crippen molar-refractivity contribution in [3.63, 3.8) is 0 Å². The quantitative estimate of drug-likeness (QED) is 0.301. The van der Waals surface area contributed by atoms with Crippen molar-refractivity contribution in [3.8, 4) is 6.07 Å². The van der Waals surface area contributed by atoms with E-state index in [1.165, 1.54) is 70.6 Å². The van der Waals surface area contributed by atoms with Crippen LogP contribution in [0.2, 0.25) is 0 Å². The summed E-state index contributed by atoms with van der Waals surface area (Å²) in [5.74, 6) is 5.40. The molecule has 0 aliphatic heterocycles. The maximum Gasteiger partial charge on any atom is 0.186 e. The first-order chi connectivity index (χ1) is 16.8. The highest BCUT2D eigenvalue weighted by atomic mass is 15.0. The second-order valence-corrected chi connectivity index (χ2v) is 13.8. The highest BCUT2D eigenvalue weighted by Gasteiger charge is 2.59. The molecule has 0 N–H and O–H groups in total. The van der Waals surface area contributed by atoms with Crippen molar-refractivity contribution in [1.29, 1.82) is 5.26 Å². The summed E-state index contributed by atoms with van der Waals surface area (Å²) in [6, 6.07) is 6.80. The Kier molecular flexibility index (Phi) is 6.93. The van der Waals surface area contributed by atoms with Crippen LogP contribution in [-0.2, 0) is 0 Å². The Balaban J connectivity index is 1.31. The fourth-order valence-corrected chi connectivity index (χ4v) is 9.71. The van der Waals surface area contributed by atoms with Crippen molar-refractivity contribution < 1.29 is 4.57 Å². The summed E-state index contributed by atoms with van der Waals surface area (Å²) in [6.45, 7) is 12.7. The zero-order valence-corrected chi connectivity index (χ0v) is 23.1. The summed E-state index contributed by atoms with van der Waals surface area (Å²) in [6.07, 6.45) is 22.1. The topological polar surface area (TPSA) is 27.7 Å². The summed E-state index contributed by atoms with van der Waals surface area (Å²) >= 11 is 0. The number of hydrogen-bond donors (Lipinski definition) is 0. The van der Waals surface area contributed by atoms with Crippen molar-refractivity contribution in [2.24, 2.45) is 46.3 Å². The van der Waals surface area contributed by atoms with Gasteiger partial charge in [0.25, 0.3) is 0 Å². The van der Waals surface area contributed by atoms with Gasteiger partial charge in [0.05, 0.1) is 0 Å². The fourth-order valence-electron chi connectivity index (χ4n) is 9.71. The maximum absolute atomic E-state index is 9.36. The van der Waals surface area contributed by atoms with Crippen molar-refractivity contribution in [3.05, 3.63) is 41.7 Å². The van der Waals surface area contributed by atoms with Gasteiger partial charge in [0.15, 0.2) is 18.4 Å². The Morgan fingerprint density at radius 2 is 1.89 bits per heavy atom. The number of fused-ring (bicyclic) bond motifs is 5. The van der Waals surface area contributed by atoms with Gasteiger partial charge in [-0.05, 0) is 90.9 Å². The van der Waals surface area contributed by atoms with Crippen molar-refractivity contribution in [1.82, 2.24) is 0 Å². The van der Waals surface area contributed by atoms with Gasteiger partial charge in [-0.25, -0.2) is 4.57 Å². The number of rotatable bonds is 6. The predicted octanol–water partition coefficient (Wildman–Crippen LogP) is 8.43. The third kappa shape index (κ3) is 4.40. The average molecular weight is 474 g/mol. The summed E-state index contributed by atoms with van der Waals surface area (Å²) in [4.78, 5) is 0. The van der Waals surface area contributed by atoms with Crippen LogP contribution < -0.4 is 4.57 Å². The number of aromatic nitrogens is 1. The maximum atomic E-state index is 9.36. The normalized spacial score (nSPS) is 39.2. The minimum absolute atomic E-state index is 0.398. The van der Waals surface area contributed by atoms with Gasteiger partial charge in [-0.3, -0.25) is 0 Å². The van der Waals surface area contributed by atoms with E-state index in [-0.39, 0.29) is 0 Å². The summed E-state index contributed by atoms with van der Waals surface area (Å²) in [5, 5.41) is 9.36. The molecule has 35 heavy (non-hydrogen) atoms. The molecule has 1 aromatic rings. The van der Waals surface area contributed by atoms with Crippen molar-refractivity contribution in [2.75, 3.05) is 0 Å². The van der Waals surface area contributed by atoms with E-state index >= 15 is 0 Å². The molecular weight excluding hydrogens is 424 g/mol. The summed E-state index contributed by atoms with van der Waals surface area (Å²) in [7, 11) is 0. The van der Waals surface area contributed by atoms with Gasteiger partial charge in [0, 0.05) is 18.9 Å². The first-order valence-electron chi connectivity index (χ1n) is 14.9. The minimum Gasteiger partial charge on any atom is -0.201 e. The van der Waals surface area contributed by atoms with Crippen LogP contribution >= 0.6 is 0 Å². The Labute approximate surface area is 215 Å². The lowest BCUT2D eigenvalue weighted by atomic mass is 9.47. The molecule has 3 saturated carbocycles. The molecule has 4 aliphatic carbocycles. The molecule has 5 rings (SSSR count). The lowest BCUT2D eigenvalue weighted by molar-refractivity contribution is -0.725. The number of nitriles is 1. The molecular formula is C33H49N2+. The van der Waals surface area contributed by atoms with Crippen LogP contribution in [0.3, 0.4) is 0 Å². The van der Waals surface area contributed by atoms with E-state index in [4.69, 9.17) is 0 Å². The van der Waals surface area contributed by atoms with Crippen LogP contribution in [0.4, 0.5) is 0 Å². The average Bonchev–Trinajstić information content (AvgIpc) is 3.20. The van der Waals surface area contributed by atoms with Crippen LogP contribution in [0.25, 0.3) is 0 Å². The van der Waals surface area contributed by atoms with E-state index in [2.05, 4.69) is 63.7 Å². The standard InChI is InChI=1S/C33H49N2/c1-23(2)8-6-9-24(3)29-13-14-30-28-12-11-26-20-27(35-19-7-10-25(21-34)22-35)15-17-32(26,4)31(28)16-18-33(29,30)5/h7,10-11,19,22-24,27-31H,6,8-9,12-18,20H2,1-5H3/q+1/t24-,27-,28-,29+,30-,31-,32-,33+/m0/s1. The second kappa shape index (κ2) is 9.68. The highest BCUT2D eigenvalue weighted by Crippen LogP contribution is 2.67. The SMILES string of the molecule is CC(C)CCC[C@H](C)[C@H]1CC[C@H]2[C@@H]3CC=C4C[C@@H]([n+]5cccc(C#N)c5)CC[C@]4(C)[C@H]3CC[C@]12C. The third-order valence-electron chi connectivity index (χ3n) is 11.7. The van der Waals surface area contributed by atoms with Gasteiger partial charge in [-0.1, -0.05) is 65.5 Å². The zero-order chi connectivity index (χ0) is 24.8. The van der Waals surface area contributed by atoms with Gasteiger partial charge in [-0.2, -0.15) is 5.26 Å².